The molecule has 0 amide bonds. The molecule has 0 radical (unpaired) electrons. The van der Waals surface area contributed by atoms with Gasteiger partial charge in [0.15, 0.2) is 5.84 Å². The second-order valence-electron chi connectivity index (χ2n) is 6.02. The molecule has 2 unspecified atom stereocenters. The van der Waals surface area contributed by atoms with Crippen molar-refractivity contribution in [3.05, 3.63) is 42.0 Å². The fourth-order valence-electron chi connectivity index (χ4n) is 3.00. The van der Waals surface area contributed by atoms with Crippen LogP contribution in [0.3, 0.4) is 0 Å². The number of nitrogens with two attached hydrogens (primary N) is 1. The topological polar surface area (TPSA) is 61.8 Å². The van der Waals surface area contributed by atoms with E-state index in [1.54, 1.807) is 0 Å². The van der Waals surface area contributed by atoms with Crippen molar-refractivity contribution in [3.8, 4) is 0 Å². The highest BCUT2D eigenvalue weighted by Gasteiger charge is 2.33. The van der Waals surface area contributed by atoms with Crippen molar-refractivity contribution in [2.24, 2.45) is 22.7 Å². The first kappa shape index (κ1) is 13.7. The smallest absolute Gasteiger partial charge is 0.170 e. The van der Waals surface area contributed by atoms with E-state index in [4.69, 9.17) is 10.9 Å². The molecule has 1 saturated carbocycles. The molecule has 1 fully saturated rings. The van der Waals surface area contributed by atoms with Crippen LogP contribution in [0.15, 0.2) is 41.6 Å². The van der Waals surface area contributed by atoms with Crippen LogP contribution in [0.4, 0.5) is 5.69 Å². The van der Waals surface area contributed by atoms with Crippen molar-refractivity contribution < 1.29 is 5.21 Å². The Labute approximate surface area is 124 Å². The Balaban J connectivity index is 2.04. The predicted molar refractivity (Wildman–Crippen MR) is 87.0 cm³/mol. The van der Waals surface area contributed by atoms with Crippen LogP contribution in [0.5, 0.6) is 0 Å². The van der Waals surface area contributed by atoms with Crippen molar-refractivity contribution in [2.45, 2.75) is 13.3 Å². The molecule has 0 spiro atoms. The van der Waals surface area contributed by atoms with E-state index in [1.807, 2.05) is 24.3 Å². The van der Waals surface area contributed by atoms with Crippen molar-refractivity contribution >= 4 is 22.3 Å². The zero-order valence-corrected chi connectivity index (χ0v) is 12.5. The van der Waals surface area contributed by atoms with Gasteiger partial charge in [0.25, 0.3) is 0 Å². The second kappa shape index (κ2) is 5.28. The van der Waals surface area contributed by atoms with Gasteiger partial charge in [-0.25, -0.2) is 0 Å². The summed E-state index contributed by atoms with van der Waals surface area (Å²) in [5.74, 6) is 1.80. The van der Waals surface area contributed by atoms with Crippen LogP contribution in [0, 0.1) is 11.8 Å². The Hall–Kier alpha value is -2.23. The number of nitrogens with zero attached hydrogens (tertiary/aromatic N) is 2. The van der Waals surface area contributed by atoms with Crippen LogP contribution >= 0.6 is 0 Å². The summed E-state index contributed by atoms with van der Waals surface area (Å²) in [4.78, 5) is 2.31. The molecule has 2 aromatic rings. The van der Waals surface area contributed by atoms with Gasteiger partial charge in [0.2, 0.25) is 0 Å². The van der Waals surface area contributed by atoms with Gasteiger partial charge in [0.1, 0.15) is 0 Å². The van der Waals surface area contributed by atoms with E-state index in [0.717, 1.165) is 34.7 Å². The van der Waals surface area contributed by atoms with E-state index < -0.39 is 0 Å². The van der Waals surface area contributed by atoms with Crippen molar-refractivity contribution in [1.29, 1.82) is 0 Å². The Morgan fingerprint density at radius 3 is 2.57 bits per heavy atom. The zero-order chi connectivity index (χ0) is 15.0. The zero-order valence-electron chi connectivity index (χ0n) is 12.5. The third-order valence-electron chi connectivity index (χ3n) is 4.48. The van der Waals surface area contributed by atoms with Gasteiger partial charge in [-0.15, -0.1) is 0 Å². The van der Waals surface area contributed by atoms with Crippen LogP contribution in [-0.4, -0.2) is 24.6 Å². The molecule has 2 aromatic carbocycles. The number of hydrogen-bond acceptors (Lipinski definition) is 3. The molecular weight excluding hydrogens is 262 g/mol. The van der Waals surface area contributed by atoms with Crippen LogP contribution in [0.1, 0.15) is 18.9 Å². The Bertz CT molecular complexity index is 695. The first-order valence-electron chi connectivity index (χ1n) is 7.32. The number of anilines is 1. The standard InChI is InChI=1S/C17H21N3O/c1-11-9-12(11)10-20(2)16-8-7-15(17(18)19-21)13-5-3-4-6-14(13)16/h3-8,11-12,21H,9-10H2,1-2H3,(H2,18,19). The Kier molecular flexibility index (Phi) is 3.45. The monoisotopic (exact) mass is 283 g/mol. The summed E-state index contributed by atoms with van der Waals surface area (Å²) in [5.41, 5.74) is 7.74. The number of hydrogen-bond donors (Lipinski definition) is 2. The first-order chi connectivity index (χ1) is 10.1. The molecule has 21 heavy (non-hydrogen) atoms. The second-order valence-corrected chi connectivity index (χ2v) is 6.02. The highest BCUT2D eigenvalue weighted by molar-refractivity contribution is 6.11. The fraction of sp³-hybridized carbons (Fsp3) is 0.353. The first-order valence-corrected chi connectivity index (χ1v) is 7.32. The van der Waals surface area contributed by atoms with Gasteiger partial charge in [0, 0.05) is 30.2 Å². The average molecular weight is 283 g/mol. The number of fused-ring (bicyclic) bond motifs is 1. The highest BCUT2D eigenvalue weighted by atomic mass is 16.4. The Morgan fingerprint density at radius 2 is 1.95 bits per heavy atom. The minimum absolute atomic E-state index is 0.149. The Morgan fingerprint density at radius 1 is 1.29 bits per heavy atom. The van der Waals surface area contributed by atoms with Crippen LogP contribution in [0.25, 0.3) is 10.8 Å². The summed E-state index contributed by atoms with van der Waals surface area (Å²) in [5, 5.41) is 14.2. The number of rotatable bonds is 4. The molecule has 1 aliphatic rings. The van der Waals surface area contributed by atoms with Crippen molar-refractivity contribution in [2.75, 3.05) is 18.5 Å². The molecular formula is C17H21N3O. The minimum atomic E-state index is 0.149. The van der Waals surface area contributed by atoms with Gasteiger partial charge in [-0.05, 0) is 35.8 Å². The van der Waals surface area contributed by atoms with Crippen LogP contribution in [0.2, 0.25) is 0 Å². The van der Waals surface area contributed by atoms with Gasteiger partial charge in [-0.2, -0.15) is 0 Å². The molecule has 4 nitrogen and oxygen atoms in total. The average Bonchev–Trinajstić information content (AvgIpc) is 3.20. The van der Waals surface area contributed by atoms with Crippen molar-refractivity contribution in [3.63, 3.8) is 0 Å². The lowest BCUT2D eigenvalue weighted by Crippen LogP contribution is -2.21. The molecule has 1 aliphatic carbocycles. The van der Waals surface area contributed by atoms with E-state index in [-0.39, 0.29) is 5.84 Å². The fourth-order valence-corrected chi connectivity index (χ4v) is 3.00. The van der Waals surface area contributed by atoms with E-state index in [1.165, 1.54) is 12.1 Å². The van der Waals surface area contributed by atoms with E-state index in [0.29, 0.717) is 0 Å². The molecule has 0 heterocycles. The molecule has 0 aromatic heterocycles. The number of oxime groups is 1. The SMILES string of the molecule is CC1CC1CN(C)c1ccc(/C(N)=N/O)c2ccccc12. The molecule has 0 bridgehead atoms. The van der Waals surface area contributed by atoms with Crippen LogP contribution in [-0.2, 0) is 0 Å². The number of amidine groups is 1. The molecule has 2 atom stereocenters. The normalized spacial score (nSPS) is 21.5. The maximum Gasteiger partial charge on any atom is 0.170 e. The third kappa shape index (κ3) is 2.53. The molecule has 110 valence electrons. The molecule has 3 rings (SSSR count). The van der Waals surface area contributed by atoms with Gasteiger partial charge in [-0.1, -0.05) is 36.3 Å². The number of benzene rings is 2. The van der Waals surface area contributed by atoms with Gasteiger partial charge < -0.3 is 15.8 Å². The van der Waals surface area contributed by atoms with E-state index in [9.17, 15) is 0 Å². The predicted octanol–water partition coefficient (Wildman–Crippen LogP) is 3.03. The quantitative estimate of drug-likeness (QED) is 0.392. The summed E-state index contributed by atoms with van der Waals surface area (Å²) in [6, 6.07) is 12.1. The maximum atomic E-state index is 8.94. The van der Waals surface area contributed by atoms with Gasteiger partial charge in [-0.3, -0.25) is 0 Å². The lowest BCUT2D eigenvalue weighted by atomic mass is 10.0. The summed E-state index contributed by atoms with van der Waals surface area (Å²) in [7, 11) is 2.13. The van der Waals surface area contributed by atoms with Crippen molar-refractivity contribution in [1.82, 2.24) is 0 Å². The summed E-state index contributed by atoms with van der Waals surface area (Å²) in [6.45, 7) is 3.38. The van der Waals surface area contributed by atoms with Gasteiger partial charge >= 0.3 is 0 Å². The van der Waals surface area contributed by atoms with E-state index in [2.05, 4.69) is 36.2 Å². The largest absolute Gasteiger partial charge is 0.409 e. The summed E-state index contributed by atoms with van der Waals surface area (Å²) in [6.07, 6.45) is 1.32. The minimum Gasteiger partial charge on any atom is -0.409 e. The maximum absolute atomic E-state index is 8.94. The lowest BCUT2D eigenvalue weighted by Gasteiger charge is -2.22. The molecule has 0 aliphatic heterocycles. The summed E-state index contributed by atoms with van der Waals surface area (Å²) < 4.78 is 0. The molecule has 0 saturated heterocycles. The summed E-state index contributed by atoms with van der Waals surface area (Å²) >= 11 is 0. The van der Waals surface area contributed by atoms with Gasteiger partial charge in [0.05, 0.1) is 0 Å². The lowest BCUT2D eigenvalue weighted by molar-refractivity contribution is 0.318. The molecule has 3 N–H and O–H groups in total. The third-order valence-corrected chi connectivity index (χ3v) is 4.48. The van der Waals surface area contributed by atoms with E-state index >= 15 is 0 Å². The molecule has 4 heteroatoms. The highest BCUT2D eigenvalue weighted by Crippen LogP contribution is 2.39. The van der Waals surface area contributed by atoms with Crippen LogP contribution < -0.4 is 10.6 Å².